The Kier molecular flexibility index (Phi) is 4.24. The van der Waals surface area contributed by atoms with Gasteiger partial charge in [-0.25, -0.2) is 4.68 Å². The largest absolute Gasteiger partial charge is 0.480 e. The highest BCUT2D eigenvalue weighted by Crippen LogP contribution is 2.31. The Bertz CT molecular complexity index is 681. The van der Waals surface area contributed by atoms with Gasteiger partial charge in [-0.1, -0.05) is 23.2 Å². The summed E-state index contributed by atoms with van der Waals surface area (Å²) in [4.78, 5) is 23.6. The topological polar surface area (TPSA) is 61.2 Å². The van der Waals surface area contributed by atoms with Crippen molar-refractivity contribution in [3.63, 3.8) is 0 Å². The molecule has 0 aromatic carbocycles. The number of hydrogen-bond donors (Lipinski definition) is 0. The van der Waals surface area contributed by atoms with Gasteiger partial charge in [0.25, 0.3) is 5.56 Å². The summed E-state index contributed by atoms with van der Waals surface area (Å²) in [7, 11) is 1.43. The van der Waals surface area contributed by atoms with Crippen molar-refractivity contribution in [1.29, 1.82) is 0 Å². The molecular weight excluding hydrogens is 311 g/mol. The Morgan fingerprint density at radius 3 is 2.79 bits per heavy atom. The zero-order valence-electron chi connectivity index (χ0n) is 9.72. The predicted molar refractivity (Wildman–Crippen MR) is 73.7 cm³/mol. The smallest absolute Gasteiger partial charge is 0.267 e. The maximum atomic E-state index is 12.0. The zero-order valence-corrected chi connectivity index (χ0v) is 12.1. The van der Waals surface area contributed by atoms with Crippen LogP contribution >= 0.6 is 34.5 Å². The zero-order chi connectivity index (χ0) is 14.0. The average Bonchev–Trinajstić information content (AvgIpc) is 2.71. The molecule has 2 heterocycles. The summed E-state index contributed by atoms with van der Waals surface area (Å²) < 4.78 is 6.63. The van der Waals surface area contributed by atoms with Crippen molar-refractivity contribution in [3.05, 3.63) is 42.8 Å². The van der Waals surface area contributed by atoms with E-state index in [4.69, 9.17) is 27.9 Å². The van der Waals surface area contributed by atoms with E-state index in [1.807, 2.05) is 0 Å². The molecule has 2 aromatic heterocycles. The highest BCUT2D eigenvalue weighted by Gasteiger charge is 2.16. The fourth-order valence-electron chi connectivity index (χ4n) is 1.40. The normalized spacial score (nSPS) is 10.5. The van der Waals surface area contributed by atoms with E-state index >= 15 is 0 Å². The number of ketones is 1. The van der Waals surface area contributed by atoms with Gasteiger partial charge >= 0.3 is 0 Å². The first-order valence-corrected chi connectivity index (χ1v) is 6.68. The van der Waals surface area contributed by atoms with Crippen molar-refractivity contribution in [2.75, 3.05) is 7.11 Å². The third kappa shape index (κ3) is 3.15. The SMILES string of the molecule is COc1ccc(=O)n(CC(=O)c2cc(Cl)sc2Cl)n1. The maximum absolute atomic E-state index is 12.0. The van der Waals surface area contributed by atoms with Gasteiger partial charge in [0.05, 0.1) is 17.0 Å². The van der Waals surface area contributed by atoms with Crippen LogP contribution in [0.25, 0.3) is 0 Å². The number of rotatable bonds is 4. The molecule has 100 valence electrons. The third-order valence-corrected chi connectivity index (χ3v) is 3.79. The lowest BCUT2D eigenvalue weighted by Gasteiger charge is -2.04. The lowest BCUT2D eigenvalue weighted by molar-refractivity contribution is 0.0965. The number of halogens is 2. The van der Waals surface area contributed by atoms with E-state index < -0.39 is 5.56 Å². The summed E-state index contributed by atoms with van der Waals surface area (Å²) in [5.41, 5.74) is -0.111. The van der Waals surface area contributed by atoms with Crippen LogP contribution in [-0.4, -0.2) is 22.7 Å². The molecular formula is C11H8Cl2N2O3S. The van der Waals surface area contributed by atoms with E-state index in [2.05, 4.69) is 5.10 Å². The van der Waals surface area contributed by atoms with Gasteiger partial charge in [-0.15, -0.1) is 16.4 Å². The molecule has 19 heavy (non-hydrogen) atoms. The quantitative estimate of drug-likeness (QED) is 0.813. The average molecular weight is 319 g/mol. The second kappa shape index (κ2) is 5.73. The lowest BCUT2D eigenvalue weighted by atomic mass is 10.2. The number of aromatic nitrogens is 2. The second-order valence-electron chi connectivity index (χ2n) is 3.53. The summed E-state index contributed by atoms with van der Waals surface area (Å²) in [6.45, 7) is -0.219. The van der Waals surface area contributed by atoms with Crippen LogP contribution in [0.15, 0.2) is 23.0 Å². The summed E-state index contributed by atoms with van der Waals surface area (Å²) in [6, 6.07) is 4.18. The molecule has 0 amide bonds. The molecule has 0 aliphatic heterocycles. The van der Waals surface area contributed by atoms with Gasteiger partial charge in [0, 0.05) is 12.1 Å². The third-order valence-electron chi connectivity index (χ3n) is 2.30. The fourth-order valence-corrected chi connectivity index (χ4v) is 2.90. The first kappa shape index (κ1) is 14.0. The number of thiophene rings is 1. The van der Waals surface area contributed by atoms with Crippen LogP contribution < -0.4 is 10.3 Å². The van der Waals surface area contributed by atoms with E-state index in [-0.39, 0.29) is 23.8 Å². The van der Waals surface area contributed by atoms with Gasteiger partial charge in [0.2, 0.25) is 5.88 Å². The molecule has 0 atom stereocenters. The minimum absolute atomic E-state index is 0.219. The van der Waals surface area contributed by atoms with Crippen molar-refractivity contribution in [3.8, 4) is 5.88 Å². The molecule has 5 nitrogen and oxygen atoms in total. The molecule has 0 saturated carbocycles. The van der Waals surface area contributed by atoms with Crippen LogP contribution in [0.1, 0.15) is 10.4 Å². The molecule has 2 rings (SSSR count). The van der Waals surface area contributed by atoms with Crippen LogP contribution in [0, 0.1) is 0 Å². The first-order chi connectivity index (χ1) is 9.01. The van der Waals surface area contributed by atoms with Crippen LogP contribution in [-0.2, 0) is 6.54 Å². The monoisotopic (exact) mass is 318 g/mol. The number of carbonyl (C=O) groups excluding carboxylic acids is 1. The van der Waals surface area contributed by atoms with Crippen LogP contribution in [0.5, 0.6) is 5.88 Å². The van der Waals surface area contributed by atoms with Crippen LogP contribution in [0.2, 0.25) is 8.67 Å². The minimum atomic E-state index is -0.397. The highest BCUT2D eigenvalue weighted by molar-refractivity contribution is 7.20. The molecule has 0 bridgehead atoms. The maximum Gasteiger partial charge on any atom is 0.267 e. The van der Waals surface area contributed by atoms with Gasteiger partial charge in [-0.3, -0.25) is 9.59 Å². The Hall–Kier alpha value is -1.37. The summed E-state index contributed by atoms with van der Waals surface area (Å²) in [6.07, 6.45) is 0. The second-order valence-corrected chi connectivity index (χ2v) is 5.82. The van der Waals surface area contributed by atoms with Crippen LogP contribution in [0.4, 0.5) is 0 Å². The molecule has 0 saturated heterocycles. The predicted octanol–water partition coefficient (Wildman–Crippen LogP) is 2.50. The minimum Gasteiger partial charge on any atom is -0.480 e. The number of hydrogen-bond acceptors (Lipinski definition) is 5. The number of nitrogens with zero attached hydrogens (tertiary/aromatic N) is 2. The van der Waals surface area contributed by atoms with Crippen LogP contribution in [0.3, 0.4) is 0 Å². The van der Waals surface area contributed by atoms with Gasteiger partial charge < -0.3 is 4.74 Å². The Morgan fingerprint density at radius 1 is 1.47 bits per heavy atom. The molecule has 0 spiro atoms. The van der Waals surface area contributed by atoms with Crippen molar-refractivity contribution in [2.24, 2.45) is 0 Å². The molecule has 0 aliphatic rings. The number of Topliss-reactive ketones (excluding diaryl/α,β-unsaturated/α-hetero) is 1. The number of methoxy groups -OCH3 is 1. The highest BCUT2D eigenvalue weighted by atomic mass is 35.5. The van der Waals surface area contributed by atoms with E-state index in [1.165, 1.54) is 25.3 Å². The Morgan fingerprint density at radius 2 is 2.21 bits per heavy atom. The van der Waals surface area contributed by atoms with Crippen molar-refractivity contribution in [2.45, 2.75) is 6.54 Å². The molecule has 0 radical (unpaired) electrons. The van der Waals surface area contributed by atoms with E-state index in [1.54, 1.807) is 0 Å². The molecule has 0 unspecified atom stereocenters. The summed E-state index contributed by atoms with van der Waals surface area (Å²) >= 11 is 12.8. The molecule has 2 aromatic rings. The van der Waals surface area contributed by atoms with Gasteiger partial charge in [0.1, 0.15) is 10.9 Å². The van der Waals surface area contributed by atoms with E-state index in [0.29, 0.717) is 8.67 Å². The van der Waals surface area contributed by atoms with Crippen molar-refractivity contribution < 1.29 is 9.53 Å². The van der Waals surface area contributed by atoms with E-state index in [0.717, 1.165) is 16.0 Å². The summed E-state index contributed by atoms with van der Waals surface area (Å²) in [5, 5.41) is 3.88. The molecule has 0 fully saturated rings. The van der Waals surface area contributed by atoms with E-state index in [9.17, 15) is 9.59 Å². The number of ether oxygens (including phenoxy) is 1. The lowest BCUT2D eigenvalue weighted by Crippen LogP contribution is -2.26. The van der Waals surface area contributed by atoms with Gasteiger partial charge in [-0.05, 0) is 6.07 Å². The standard InChI is InChI=1S/C11H8Cl2N2O3S/c1-18-9-2-3-10(17)15(14-9)5-7(16)6-4-8(12)19-11(6)13/h2-4H,5H2,1H3. The Balaban J connectivity index is 2.28. The molecule has 0 N–H and O–H groups in total. The fraction of sp³-hybridized carbons (Fsp3) is 0.182. The van der Waals surface area contributed by atoms with Gasteiger partial charge in [-0.2, -0.15) is 0 Å². The number of carbonyl (C=O) groups is 1. The van der Waals surface area contributed by atoms with Gasteiger partial charge in [0.15, 0.2) is 5.78 Å². The van der Waals surface area contributed by atoms with Crippen molar-refractivity contribution >= 4 is 40.3 Å². The Labute approximate surface area is 122 Å². The molecule has 0 aliphatic carbocycles. The first-order valence-electron chi connectivity index (χ1n) is 5.11. The van der Waals surface area contributed by atoms with Crippen molar-refractivity contribution in [1.82, 2.24) is 9.78 Å². The summed E-state index contributed by atoms with van der Waals surface area (Å²) in [5.74, 6) is -0.0853. The molecule has 8 heteroatoms.